The number of carbonyl (C=O) groups is 2. The molecule has 0 aromatic carbocycles. The van der Waals surface area contributed by atoms with Crippen LogP contribution in [0.2, 0.25) is 0 Å². The third-order valence-electron chi connectivity index (χ3n) is 3.01. The van der Waals surface area contributed by atoms with Crippen LogP contribution >= 0.6 is 0 Å². The van der Waals surface area contributed by atoms with Crippen molar-refractivity contribution < 1.29 is 19.4 Å². The zero-order chi connectivity index (χ0) is 12.1. The molecule has 1 saturated heterocycles. The van der Waals surface area contributed by atoms with E-state index >= 15 is 0 Å². The van der Waals surface area contributed by atoms with Crippen molar-refractivity contribution in [3.63, 3.8) is 0 Å². The van der Waals surface area contributed by atoms with E-state index in [-0.39, 0.29) is 24.5 Å². The van der Waals surface area contributed by atoms with E-state index in [9.17, 15) is 9.59 Å². The van der Waals surface area contributed by atoms with Gasteiger partial charge < -0.3 is 14.7 Å². The van der Waals surface area contributed by atoms with E-state index < -0.39 is 5.97 Å². The van der Waals surface area contributed by atoms with Gasteiger partial charge in [0.2, 0.25) is 5.91 Å². The van der Waals surface area contributed by atoms with E-state index in [2.05, 4.69) is 0 Å². The molecule has 1 aliphatic rings. The number of carboxylic acid groups (broad SMARTS) is 1. The van der Waals surface area contributed by atoms with E-state index in [1.807, 2.05) is 6.92 Å². The molecular weight excluding hydrogens is 210 g/mol. The Kier molecular flexibility index (Phi) is 4.73. The number of amides is 1. The van der Waals surface area contributed by atoms with Crippen molar-refractivity contribution in [2.75, 3.05) is 13.7 Å². The number of ether oxygens (including phenoxy) is 1. The van der Waals surface area contributed by atoms with Gasteiger partial charge in [-0.2, -0.15) is 0 Å². The van der Waals surface area contributed by atoms with Crippen LogP contribution in [0.15, 0.2) is 0 Å². The first kappa shape index (κ1) is 13.0. The summed E-state index contributed by atoms with van der Waals surface area (Å²) < 4.78 is 5.39. The van der Waals surface area contributed by atoms with Gasteiger partial charge in [0.05, 0.1) is 12.1 Å². The Morgan fingerprint density at radius 1 is 1.44 bits per heavy atom. The van der Waals surface area contributed by atoms with Gasteiger partial charge in [-0.15, -0.1) is 0 Å². The fraction of sp³-hybridized carbons (Fsp3) is 0.818. The van der Waals surface area contributed by atoms with Crippen molar-refractivity contribution in [1.82, 2.24) is 4.90 Å². The minimum Gasteiger partial charge on any atom is -0.481 e. The Morgan fingerprint density at radius 3 is 2.62 bits per heavy atom. The zero-order valence-electron chi connectivity index (χ0n) is 9.81. The summed E-state index contributed by atoms with van der Waals surface area (Å²) in [5, 5.41) is 8.47. The molecule has 2 atom stereocenters. The molecule has 92 valence electrons. The molecule has 5 heteroatoms. The fourth-order valence-electron chi connectivity index (χ4n) is 1.98. The predicted octanol–water partition coefficient (Wildman–Crippen LogP) is 0.877. The molecule has 0 bridgehead atoms. The topological polar surface area (TPSA) is 66.8 Å². The highest BCUT2D eigenvalue weighted by Crippen LogP contribution is 2.19. The van der Waals surface area contributed by atoms with Gasteiger partial charge >= 0.3 is 5.97 Å². The molecule has 1 N–H and O–H groups in total. The van der Waals surface area contributed by atoms with Gasteiger partial charge in [0.1, 0.15) is 0 Å². The van der Waals surface area contributed by atoms with Gasteiger partial charge in [0.25, 0.3) is 0 Å². The van der Waals surface area contributed by atoms with Crippen LogP contribution in [0, 0.1) is 0 Å². The monoisotopic (exact) mass is 229 g/mol. The van der Waals surface area contributed by atoms with Crippen molar-refractivity contribution in [1.29, 1.82) is 0 Å². The van der Waals surface area contributed by atoms with Crippen molar-refractivity contribution in [2.24, 2.45) is 0 Å². The lowest BCUT2D eigenvalue weighted by Gasteiger charge is -2.26. The van der Waals surface area contributed by atoms with Crippen LogP contribution in [0.3, 0.4) is 0 Å². The number of carboxylic acids is 1. The van der Waals surface area contributed by atoms with Crippen LogP contribution < -0.4 is 0 Å². The van der Waals surface area contributed by atoms with Crippen molar-refractivity contribution in [3.05, 3.63) is 0 Å². The molecule has 2 unspecified atom stereocenters. The van der Waals surface area contributed by atoms with Crippen LogP contribution in [0.4, 0.5) is 0 Å². The van der Waals surface area contributed by atoms with Crippen LogP contribution in [0.25, 0.3) is 0 Å². The molecule has 0 aromatic rings. The minimum atomic E-state index is -0.854. The highest BCUT2D eigenvalue weighted by Gasteiger charge is 2.30. The van der Waals surface area contributed by atoms with Gasteiger partial charge in [-0.3, -0.25) is 9.59 Å². The summed E-state index contributed by atoms with van der Waals surface area (Å²) in [7, 11) is 1.76. The second-order valence-corrected chi connectivity index (χ2v) is 4.18. The number of likely N-dealkylation sites (N-methyl/N-ethyl adjacent to an activating group) is 1. The van der Waals surface area contributed by atoms with Gasteiger partial charge in [-0.1, -0.05) is 0 Å². The zero-order valence-corrected chi connectivity index (χ0v) is 9.81. The molecule has 1 fully saturated rings. The first-order chi connectivity index (χ1) is 7.52. The predicted molar refractivity (Wildman–Crippen MR) is 58.1 cm³/mol. The Labute approximate surface area is 95.4 Å². The maximum absolute atomic E-state index is 11.7. The Hall–Kier alpha value is -1.10. The third-order valence-corrected chi connectivity index (χ3v) is 3.01. The van der Waals surface area contributed by atoms with E-state index in [1.54, 1.807) is 11.9 Å². The van der Waals surface area contributed by atoms with Gasteiger partial charge in [0, 0.05) is 26.5 Å². The first-order valence-electron chi connectivity index (χ1n) is 5.61. The molecule has 0 radical (unpaired) electrons. The molecule has 1 aliphatic heterocycles. The molecule has 0 aromatic heterocycles. The Bertz CT molecular complexity index is 267. The molecule has 16 heavy (non-hydrogen) atoms. The summed E-state index contributed by atoms with van der Waals surface area (Å²) in [5.74, 6) is -0.850. The number of hydrogen-bond acceptors (Lipinski definition) is 3. The summed E-state index contributed by atoms with van der Waals surface area (Å²) >= 11 is 0. The minimum absolute atomic E-state index is 0.00333. The lowest BCUT2D eigenvalue weighted by molar-refractivity contribution is -0.137. The van der Waals surface area contributed by atoms with Crippen LogP contribution in [0.1, 0.15) is 32.6 Å². The lowest BCUT2D eigenvalue weighted by atomic mass is 10.1. The SMILES string of the molecule is CC1OCCC1N(C)C(=O)CCCC(=O)O. The molecule has 1 rings (SSSR count). The quantitative estimate of drug-likeness (QED) is 0.759. The highest BCUT2D eigenvalue weighted by atomic mass is 16.5. The lowest BCUT2D eigenvalue weighted by Crippen LogP contribution is -2.40. The van der Waals surface area contributed by atoms with Gasteiger partial charge in [-0.05, 0) is 19.8 Å². The fourth-order valence-corrected chi connectivity index (χ4v) is 1.98. The van der Waals surface area contributed by atoms with Gasteiger partial charge in [0.15, 0.2) is 0 Å². The molecular formula is C11H19NO4. The number of nitrogens with zero attached hydrogens (tertiary/aromatic N) is 1. The van der Waals surface area contributed by atoms with Crippen molar-refractivity contribution >= 4 is 11.9 Å². The smallest absolute Gasteiger partial charge is 0.303 e. The first-order valence-corrected chi connectivity index (χ1v) is 5.61. The number of hydrogen-bond donors (Lipinski definition) is 1. The molecule has 5 nitrogen and oxygen atoms in total. The maximum Gasteiger partial charge on any atom is 0.303 e. The number of rotatable bonds is 5. The van der Waals surface area contributed by atoms with E-state index in [1.165, 1.54) is 0 Å². The summed E-state index contributed by atoms with van der Waals surface area (Å²) in [4.78, 5) is 23.7. The summed E-state index contributed by atoms with van der Waals surface area (Å²) in [6, 6.07) is 0.136. The standard InChI is InChI=1S/C11H19NO4/c1-8-9(6-7-16-8)12(2)10(13)4-3-5-11(14)15/h8-9H,3-7H2,1-2H3,(H,14,15). The summed E-state index contributed by atoms with van der Waals surface area (Å²) in [6.45, 7) is 2.65. The molecule has 0 saturated carbocycles. The summed E-state index contributed by atoms with van der Waals surface area (Å²) in [5.41, 5.74) is 0. The third kappa shape index (κ3) is 3.48. The largest absolute Gasteiger partial charge is 0.481 e. The second kappa shape index (κ2) is 5.84. The Balaban J connectivity index is 2.32. The number of carbonyl (C=O) groups excluding carboxylic acids is 1. The van der Waals surface area contributed by atoms with E-state index in [4.69, 9.17) is 9.84 Å². The summed E-state index contributed by atoms with van der Waals surface area (Å²) in [6.07, 6.45) is 1.69. The normalized spacial score (nSPS) is 24.4. The van der Waals surface area contributed by atoms with Crippen LogP contribution in [0.5, 0.6) is 0 Å². The maximum atomic E-state index is 11.7. The molecule has 1 amide bonds. The van der Waals surface area contributed by atoms with Crippen molar-refractivity contribution in [2.45, 2.75) is 44.8 Å². The molecule has 0 spiro atoms. The van der Waals surface area contributed by atoms with Crippen molar-refractivity contribution in [3.8, 4) is 0 Å². The average molecular weight is 229 g/mol. The highest BCUT2D eigenvalue weighted by molar-refractivity contribution is 5.77. The molecule has 0 aliphatic carbocycles. The Morgan fingerprint density at radius 2 is 2.12 bits per heavy atom. The number of aliphatic carboxylic acids is 1. The van der Waals surface area contributed by atoms with E-state index in [0.29, 0.717) is 19.4 Å². The molecule has 1 heterocycles. The van der Waals surface area contributed by atoms with Gasteiger partial charge in [-0.25, -0.2) is 0 Å². The van der Waals surface area contributed by atoms with Crippen LogP contribution in [-0.4, -0.2) is 47.7 Å². The van der Waals surface area contributed by atoms with E-state index in [0.717, 1.165) is 6.42 Å². The van der Waals surface area contributed by atoms with Crippen LogP contribution in [-0.2, 0) is 14.3 Å². The second-order valence-electron chi connectivity index (χ2n) is 4.18. The average Bonchev–Trinajstić information content (AvgIpc) is 2.62.